The van der Waals surface area contributed by atoms with Gasteiger partial charge in [-0.05, 0) is 44.0 Å². The highest BCUT2D eigenvalue weighted by Gasteiger charge is 2.13. The number of rotatable bonds is 4. The highest BCUT2D eigenvalue weighted by atomic mass is 16.5. The van der Waals surface area contributed by atoms with Crippen LogP contribution in [-0.2, 0) is 0 Å². The normalized spacial score (nSPS) is 16.7. The highest BCUT2D eigenvalue weighted by Crippen LogP contribution is 2.19. The van der Waals surface area contributed by atoms with Gasteiger partial charge >= 0.3 is 0 Å². The maximum atomic E-state index is 5.81. The summed E-state index contributed by atoms with van der Waals surface area (Å²) in [5, 5.41) is 3.35. The van der Waals surface area contributed by atoms with E-state index in [1.54, 1.807) is 0 Å². The smallest absolute Gasteiger partial charge is 0.119 e. The van der Waals surface area contributed by atoms with Crippen LogP contribution in [0.4, 0.5) is 0 Å². The van der Waals surface area contributed by atoms with Crippen molar-refractivity contribution >= 4 is 5.70 Å². The molecule has 0 saturated carbocycles. The predicted octanol–water partition coefficient (Wildman–Crippen LogP) is 1.99. The van der Waals surface area contributed by atoms with Crippen LogP contribution in [0.15, 0.2) is 30.8 Å². The second-order valence-electron chi connectivity index (χ2n) is 4.56. The summed E-state index contributed by atoms with van der Waals surface area (Å²) in [4.78, 5) is 0. The molecule has 2 rings (SSSR count). The molecule has 1 aliphatic rings. The van der Waals surface area contributed by atoms with Gasteiger partial charge in [0.1, 0.15) is 5.75 Å². The van der Waals surface area contributed by atoms with Crippen molar-refractivity contribution in [1.82, 2.24) is 5.32 Å². The Kier molecular flexibility index (Phi) is 4.04. The second-order valence-corrected chi connectivity index (χ2v) is 4.56. The number of ether oxygens (including phenoxy) is 1. The zero-order chi connectivity index (χ0) is 12.1. The average Bonchev–Trinajstić information content (AvgIpc) is 2.38. The molecule has 1 fully saturated rings. The summed E-state index contributed by atoms with van der Waals surface area (Å²) in [5.74, 6) is 1.55. The first-order valence-electron chi connectivity index (χ1n) is 6.14. The molecule has 0 spiro atoms. The monoisotopic (exact) mass is 232 g/mol. The summed E-state index contributed by atoms with van der Waals surface area (Å²) >= 11 is 0. The SMILES string of the molecule is C=C(N)c1cccc(OCC2CCNCC2)c1. The van der Waals surface area contributed by atoms with E-state index in [0.29, 0.717) is 11.6 Å². The lowest BCUT2D eigenvalue weighted by atomic mass is 9.99. The fraction of sp³-hybridized carbons (Fsp3) is 0.429. The van der Waals surface area contributed by atoms with Crippen molar-refractivity contribution in [3.8, 4) is 5.75 Å². The molecule has 0 radical (unpaired) electrons. The minimum Gasteiger partial charge on any atom is -0.493 e. The molecule has 0 bridgehead atoms. The van der Waals surface area contributed by atoms with Gasteiger partial charge in [0.15, 0.2) is 0 Å². The number of hydrogen-bond acceptors (Lipinski definition) is 3. The molecule has 1 aromatic carbocycles. The van der Waals surface area contributed by atoms with E-state index in [2.05, 4.69) is 11.9 Å². The summed E-state index contributed by atoms with van der Waals surface area (Å²) in [6.45, 7) is 6.73. The third-order valence-electron chi connectivity index (χ3n) is 3.15. The molecule has 3 N–H and O–H groups in total. The number of hydrogen-bond donors (Lipinski definition) is 2. The van der Waals surface area contributed by atoms with E-state index in [1.165, 1.54) is 12.8 Å². The van der Waals surface area contributed by atoms with Crippen LogP contribution in [0.3, 0.4) is 0 Å². The molecule has 92 valence electrons. The summed E-state index contributed by atoms with van der Waals surface area (Å²) < 4.78 is 5.81. The molecule has 1 aromatic rings. The lowest BCUT2D eigenvalue weighted by Crippen LogP contribution is -2.30. The average molecular weight is 232 g/mol. The van der Waals surface area contributed by atoms with Crippen LogP contribution < -0.4 is 15.8 Å². The molecule has 3 heteroatoms. The third-order valence-corrected chi connectivity index (χ3v) is 3.15. The molecule has 17 heavy (non-hydrogen) atoms. The number of nitrogens with one attached hydrogen (secondary N) is 1. The van der Waals surface area contributed by atoms with E-state index in [-0.39, 0.29) is 0 Å². The Morgan fingerprint density at radius 1 is 1.41 bits per heavy atom. The lowest BCUT2D eigenvalue weighted by Gasteiger charge is -2.22. The van der Waals surface area contributed by atoms with Gasteiger partial charge in [-0.2, -0.15) is 0 Å². The van der Waals surface area contributed by atoms with Gasteiger partial charge in [-0.25, -0.2) is 0 Å². The molecular weight excluding hydrogens is 212 g/mol. The van der Waals surface area contributed by atoms with Gasteiger partial charge in [0.05, 0.1) is 6.61 Å². The van der Waals surface area contributed by atoms with Gasteiger partial charge in [0, 0.05) is 11.3 Å². The quantitative estimate of drug-likeness (QED) is 0.834. The lowest BCUT2D eigenvalue weighted by molar-refractivity contribution is 0.215. The summed E-state index contributed by atoms with van der Waals surface area (Å²) in [6.07, 6.45) is 2.40. The van der Waals surface area contributed by atoms with Crippen molar-refractivity contribution in [1.29, 1.82) is 0 Å². The van der Waals surface area contributed by atoms with E-state index in [4.69, 9.17) is 10.5 Å². The molecule has 1 heterocycles. The van der Waals surface area contributed by atoms with Gasteiger partial charge in [-0.15, -0.1) is 0 Å². The third kappa shape index (κ3) is 3.49. The van der Waals surface area contributed by atoms with Gasteiger partial charge in [-0.3, -0.25) is 0 Å². The molecule has 1 aliphatic heterocycles. The Bertz CT molecular complexity index is 384. The topological polar surface area (TPSA) is 47.3 Å². The Morgan fingerprint density at radius 3 is 2.88 bits per heavy atom. The summed E-state index contributed by atoms with van der Waals surface area (Å²) in [6, 6.07) is 7.81. The van der Waals surface area contributed by atoms with Crippen LogP contribution in [0.5, 0.6) is 5.75 Å². The van der Waals surface area contributed by atoms with Gasteiger partial charge in [-0.1, -0.05) is 18.7 Å². The Hall–Kier alpha value is -1.48. The molecule has 1 saturated heterocycles. The number of benzene rings is 1. The molecule has 3 nitrogen and oxygen atoms in total. The van der Waals surface area contributed by atoms with Crippen molar-refractivity contribution in [3.63, 3.8) is 0 Å². The van der Waals surface area contributed by atoms with E-state index in [0.717, 1.165) is 31.0 Å². The number of nitrogens with two attached hydrogens (primary N) is 1. The van der Waals surface area contributed by atoms with Crippen LogP contribution in [0.2, 0.25) is 0 Å². The van der Waals surface area contributed by atoms with Crippen molar-refractivity contribution in [3.05, 3.63) is 36.4 Å². The minimum absolute atomic E-state index is 0.581. The first-order valence-corrected chi connectivity index (χ1v) is 6.14. The van der Waals surface area contributed by atoms with E-state index >= 15 is 0 Å². The zero-order valence-electron chi connectivity index (χ0n) is 10.1. The van der Waals surface area contributed by atoms with Crippen LogP contribution in [0, 0.1) is 5.92 Å². The van der Waals surface area contributed by atoms with Crippen molar-refractivity contribution in [2.24, 2.45) is 11.7 Å². The fourth-order valence-corrected chi connectivity index (χ4v) is 2.05. The first-order chi connectivity index (χ1) is 8.25. The van der Waals surface area contributed by atoms with E-state index < -0.39 is 0 Å². The van der Waals surface area contributed by atoms with Crippen molar-refractivity contribution in [2.45, 2.75) is 12.8 Å². The van der Waals surface area contributed by atoms with Crippen LogP contribution in [0.25, 0.3) is 5.70 Å². The maximum Gasteiger partial charge on any atom is 0.119 e. The zero-order valence-corrected chi connectivity index (χ0v) is 10.1. The number of piperidine rings is 1. The van der Waals surface area contributed by atoms with Crippen molar-refractivity contribution in [2.75, 3.05) is 19.7 Å². The van der Waals surface area contributed by atoms with E-state index in [9.17, 15) is 0 Å². The van der Waals surface area contributed by atoms with Gasteiger partial charge in [0.2, 0.25) is 0 Å². The molecule has 0 unspecified atom stereocenters. The Labute approximate surface area is 103 Å². The second kappa shape index (κ2) is 5.73. The molecule has 0 amide bonds. The van der Waals surface area contributed by atoms with Crippen molar-refractivity contribution < 1.29 is 4.74 Å². The maximum absolute atomic E-state index is 5.81. The predicted molar refractivity (Wildman–Crippen MR) is 70.8 cm³/mol. The largest absolute Gasteiger partial charge is 0.493 e. The molecular formula is C14H20N2O. The van der Waals surface area contributed by atoms with Gasteiger partial charge < -0.3 is 15.8 Å². The van der Waals surface area contributed by atoms with E-state index in [1.807, 2.05) is 24.3 Å². The minimum atomic E-state index is 0.581. The Balaban J connectivity index is 1.89. The molecule has 0 atom stereocenters. The first kappa shape index (κ1) is 12.0. The van der Waals surface area contributed by atoms with Gasteiger partial charge in [0.25, 0.3) is 0 Å². The van der Waals surface area contributed by atoms with Crippen LogP contribution in [0.1, 0.15) is 18.4 Å². The van der Waals surface area contributed by atoms with Crippen LogP contribution in [-0.4, -0.2) is 19.7 Å². The Morgan fingerprint density at radius 2 is 2.18 bits per heavy atom. The fourth-order valence-electron chi connectivity index (χ4n) is 2.05. The summed E-state index contributed by atoms with van der Waals surface area (Å²) in [5.41, 5.74) is 7.18. The standard InChI is InChI=1S/C14H20N2O/c1-11(15)13-3-2-4-14(9-13)17-10-12-5-7-16-8-6-12/h2-4,9,12,16H,1,5-8,10,15H2. The highest BCUT2D eigenvalue weighted by molar-refractivity contribution is 5.61. The molecule has 0 aromatic heterocycles. The molecule has 0 aliphatic carbocycles. The van der Waals surface area contributed by atoms with Crippen LogP contribution >= 0.6 is 0 Å². The summed E-state index contributed by atoms with van der Waals surface area (Å²) in [7, 11) is 0.